The molecule has 0 aromatic heterocycles. The van der Waals surface area contributed by atoms with Crippen LogP contribution in [0, 0.1) is 11.7 Å². The van der Waals surface area contributed by atoms with E-state index in [2.05, 4.69) is 12.2 Å². The Labute approximate surface area is 125 Å². The molecule has 1 N–H and O–H groups in total. The molecule has 2 nitrogen and oxygen atoms in total. The zero-order valence-electron chi connectivity index (χ0n) is 12.0. The highest BCUT2D eigenvalue weighted by Gasteiger charge is 2.24. The maximum atomic E-state index is 13.4. The number of halogens is 2. The second-order valence-corrected chi connectivity index (χ2v) is 5.86. The highest BCUT2D eigenvalue weighted by atomic mass is 35.5. The van der Waals surface area contributed by atoms with Gasteiger partial charge in [-0.15, -0.1) is 0 Å². The van der Waals surface area contributed by atoms with Crippen LogP contribution in [0.4, 0.5) is 4.39 Å². The molecule has 1 aromatic carbocycles. The van der Waals surface area contributed by atoms with Crippen molar-refractivity contribution in [3.8, 4) is 0 Å². The van der Waals surface area contributed by atoms with Crippen molar-refractivity contribution in [1.29, 1.82) is 0 Å². The third-order valence-electron chi connectivity index (χ3n) is 3.94. The molecule has 2 rings (SSSR count). The van der Waals surface area contributed by atoms with Crippen molar-refractivity contribution in [3.05, 3.63) is 34.6 Å². The summed E-state index contributed by atoms with van der Waals surface area (Å²) in [6, 6.07) is 4.96. The van der Waals surface area contributed by atoms with Gasteiger partial charge in [-0.1, -0.05) is 18.5 Å². The fourth-order valence-corrected chi connectivity index (χ4v) is 2.98. The van der Waals surface area contributed by atoms with Crippen molar-refractivity contribution in [2.24, 2.45) is 5.92 Å². The zero-order chi connectivity index (χ0) is 14.4. The van der Waals surface area contributed by atoms with Gasteiger partial charge in [-0.2, -0.15) is 0 Å². The lowest BCUT2D eigenvalue weighted by Crippen LogP contribution is -2.41. The molecule has 4 heteroatoms. The van der Waals surface area contributed by atoms with Gasteiger partial charge in [0.15, 0.2) is 0 Å². The molecule has 1 unspecified atom stereocenters. The first-order chi connectivity index (χ1) is 9.70. The lowest BCUT2D eigenvalue weighted by molar-refractivity contribution is 0.0538. The molecule has 1 saturated heterocycles. The molecule has 20 heavy (non-hydrogen) atoms. The summed E-state index contributed by atoms with van der Waals surface area (Å²) in [5.74, 6) is 0.361. The normalized spacial score (nSPS) is 18.1. The maximum absolute atomic E-state index is 13.4. The molecule has 1 atom stereocenters. The number of hydrogen-bond acceptors (Lipinski definition) is 2. The van der Waals surface area contributed by atoms with E-state index in [4.69, 9.17) is 16.3 Å². The summed E-state index contributed by atoms with van der Waals surface area (Å²) >= 11 is 6.19. The molecular formula is C16H23ClFNO. The Morgan fingerprint density at radius 3 is 2.85 bits per heavy atom. The van der Waals surface area contributed by atoms with Crippen LogP contribution in [0.15, 0.2) is 18.2 Å². The van der Waals surface area contributed by atoms with Crippen LogP contribution in [0.3, 0.4) is 0 Å². The number of rotatable bonds is 6. The number of nitrogens with one attached hydrogen (secondary N) is 1. The minimum Gasteiger partial charge on any atom is -0.381 e. The largest absolute Gasteiger partial charge is 0.381 e. The smallest absolute Gasteiger partial charge is 0.123 e. The minimum atomic E-state index is -0.217. The van der Waals surface area contributed by atoms with Gasteiger partial charge in [0.05, 0.1) is 0 Å². The van der Waals surface area contributed by atoms with Crippen LogP contribution in [0.2, 0.25) is 5.02 Å². The van der Waals surface area contributed by atoms with Crippen LogP contribution in [-0.2, 0) is 11.2 Å². The summed E-state index contributed by atoms with van der Waals surface area (Å²) in [4.78, 5) is 0. The Hall–Kier alpha value is -0.640. The van der Waals surface area contributed by atoms with Gasteiger partial charge in [-0.05, 0) is 61.9 Å². The average molecular weight is 300 g/mol. The zero-order valence-corrected chi connectivity index (χ0v) is 12.8. The Morgan fingerprint density at radius 2 is 2.15 bits per heavy atom. The number of ether oxygens (including phenoxy) is 1. The fraction of sp³-hybridized carbons (Fsp3) is 0.625. The Bertz CT molecular complexity index is 421. The van der Waals surface area contributed by atoms with Crippen LogP contribution in [-0.4, -0.2) is 25.8 Å². The lowest BCUT2D eigenvalue weighted by atomic mass is 9.87. The summed E-state index contributed by atoms with van der Waals surface area (Å²) < 4.78 is 18.8. The van der Waals surface area contributed by atoms with E-state index in [9.17, 15) is 4.39 Å². The Morgan fingerprint density at radius 1 is 1.40 bits per heavy atom. The van der Waals surface area contributed by atoms with Crippen molar-refractivity contribution in [2.45, 2.75) is 38.6 Å². The molecule has 0 radical (unpaired) electrons. The lowest BCUT2D eigenvalue weighted by Gasteiger charge is -2.31. The average Bonchev–Trinajstić information content (AvgIpc) is 2.48. The van der Waals surface area contributed by atoms with Gasteiger partial charge in [-0.25, -0.2) is 4.39 Å². The van der Waals surface area contributed by atoms with Gasteiger partial charge >= 0.3 is 0 Å². The van der Waals surface area contributed by atoms with Crippen molar-refractivity contribution < 1.29 is 9.13 Å². The van der Waals surface area contributed by atoms with Gasteiger partial charge in [0.1, 0.15) is 5.82 Å². The summed E-state index contributed by atoms with van der Waals surface area (Å²) in [5, 5.41) is 4.25. The van der Waals surface area contributed by atoms with Gasteiger partial charge in [0.25, 0.3) is 0 Å². The second-order valence-electron chi connectivity index (χ2n) is 5.45. The molecule has 1 heterocycles. The molecule has 0 amide bonds. The molecule has 1 aliphatic rings. The monoisotopic (exact) mass is 299 g/mol. The SMILES string of the molecule is CCCNC(Cc1cc(F)ccc1Cl)C1CCOCC1. The summed E-state index contributed by atoms with van der Waals surface area (Å²) in [6.07, 6.45) is 4.00. The third-order valence-corrected chi connectivity index (χ3v) is 4.31. The first kappa shape index (κ1) is 15.7. The minimum absolute atomic E-state index is 0.217. The first-order valence-corrected chi connectivity index (χ1v) is 7.83. The van der Waals surface area contributed by atoms with E-state index in [1.807, 2.05) is 0 Å². The predicted molar refractivity (Wildman–Crippen MR) is 80.7 cm³/mol. The van der Waals surface area contributed by atoms with Crippen molar-refractivity contribution in [2.75, 3.05) is 19.8 Å². The highest BCUT2D eigenvalue weighted by Crippen LogP contribution is 2.25. The quantitative estimate of drug-likeness (QED) is 0.862. The van der Waals surface area contributed by atoms with E-state index in [1.165, 1.54) is 6.07 Å². The van der Waals surface area contributed by atoms with Crippen LogP contribution >= 0.6 is 11.6 Å². The fourth-order valence-electron chi connectivity index (χ4n) is 2.79. The maximum Gasteiger partial charge on any atom is 0.123 e. The number of benzene rings is 1. The summed E-state index contributed by atoms with van der Waals surface area (Å²) in [7, 11) is 0. The molecule has 0 spiro atoms. The van der Waals surface area contributed by atoms with E-state index in [-0.39, 0.29) is 5.82 Å². The van der Waals surface area contributed by atoms with Crippen LogP contribution in [0.1, 0.15) is 31.7 Å². The van der Waals surface area contributed by atoms with E-state index >= 15 is 0 Å². The highest BCUT2D eigenvalue weighted by molar-refractivity contribution is 6.31. The molecule has 1 aromatic rings. The summed E-state index contributed by atoms with van der Waals surface area (Å²) in [5.41, 5.74) is 0.895. The molecule has 0 aliphatic carbocycles. The molecule has 1 fully saturated rings. The van der Waals surface area contributed by atoms with Gasteiger partial charge < -0.3 is 10.1 Å². The van der Waals surface area contributed by atoms with Crippen molar-refractivity contribution in [1.82, 2.24) is 5.32 Å². The van der Waals surface area contributed by atoms with Crippen LogP contribution in [0.5, 0.6) is 0 Å². The van der Waals surface area contributed by atoms with E-state index in [0.29, 0.717) is 17.0 Å². The molecule has 0 bridgehead atoms. The predicted octanol–water partition coefficient (Wildman–Crippen LogP) is 3.82. The van der Waals surface area contributed by atoms with E-state index in [0.717, 1.165) is 51.0 Å². The van der Waals surface area contributed by atoms with Crippen molar-refractivity contribution >= 4 is 11.6 Å². The van der Waals surface area contributed by atoms with Crippen LogP contribution in [0.25, 0.3) is 0 Å². The summed E-state index contributed by atoms with van der Waals surface area (Å²) in [6.45, 7) is 4.79. The molecular weight excluding hydrogens is 277 g/mol. The molecule has 112 valence electrons. The van der Waals surface area contributed by atoms with Gasteiger partial charge in [-0.3, -0.25) is 0 Å². The second kappa shape index (κ2) is 7.96. The van der Waals surface area contributed by atoms with Gasteiger partial charge in [0.2, 0.25) is 0 Å². The standard InChI is InChI=1S/C16H23ClFNO/c1-2-7-19-16(12-5-8-20-9-6-12)11-13-10-14(18)3-4-15(13)17/h3-4,10,12,16,19H,2,5-9,11H2,1H3. The van der Waals surface area contributed by atoms with Crippen LogP contribution < -0.4 is 5.32 Å². The van der Waals surface area contributed by atoms with E-state index < -0.39 is 0 Å². The van der Waals surface area contributed by atoms with Crippen molar-refractivity contribution in [3.63, 3.8) is 0 Å². The first-order valence-electron chi connectivity index (χ1n) is 7.45. The Kier molecular flexibility index (Phi) is 6.27. The molecule has 0 saturated carbocycles. The van der Waals surface area contributed by atoms with E-state index in [1.54, 1.807) is 12.1 Å². The topological polar surface area (TPSA) is 21.3 Å². The van der Waals surface area contributed by atoms with Gasteiger partial charge in [0, 0.05) is 24.3 Å². The Balaban J connectivity index is 2.07. The third kappa shape index (κ3) is 4.44. The molecule has 1 aliphatic heterocycles. The number of hydrogen-bond donors (Lipinski definition) is 1.